The molecular weight excluding hydrogens is 236 g/mol. The quantitative estimate of drug-likeness (QED) is 0.853. The van der Waals surface area contributed by atoms with Gasteiger partial charge in [-0.2, -0.15) is 0 Å². The fourth-order valence-corrected chi connectivity index (χ4v) is 2.57. The number of nitrogens with one attached hydrogen (secondary N) is 1. The van der Waals surface area contributed by atoms with Crippen LogP contribution in [-0.2, 0) is 0 Å². The van der Waals surface area contributed by atoms with Gasteiger partial charge in [-0.05, 0) is 37.9 Å². The van der Waals surface area contributed by atoms with E-state index in [0.717, 1.165) is 37.9 Å². The van der Waals surface area contributed by atoms with Crippen LogP contribution < -0.4 is 15.0 Å². The van der Waals surface area contributed by atoms with Crippen LogP contribution >= 0.6 is 0 Å². The molecule has 1 unspecified atom stereocenters. The number of benzene rings is 1. The molecule has 0 saturated carbocycles. The van der Waals surface area contributed by atoms with Gasteiger partial charge in [0, 0.05) is 30.9 Å². The third-order valence-electron chi connectivity index (χ3n) is 3.59. The van der Waals surface area contributed by atoms with Gasteiger partial charge in [0.1, 0.15) is 5.75 Å². The van der Waals surface area contributed by atoms with E-state index in [1.807, 2.05) is 13.0 Å². The lowest BCUT2D eigenvalue weighted by molar-refractivity contribution is 0.340. The predicted octanol–water partition coefficient (Wildman–Crippen LogP) is 2.91. The van der Waals surface area contributed by atoms with E-state index < -0.39 is 0 Å². The SMILES string of the molecule is CCOc1cccc(N2CCC(CNC(C)C)C2)c1. The van der Waals surface area contributed by atoms with Gasteiger partial charge in [-0.15, -0.1) is 0 Å². The Hall–Kier alpha value is -1.22. The molecule has 1 aromatic rings. The number of hydrogen-bond acceptors (Lipinski definition) is 3. The van der Waals surface area contributed by atoms with E-state index in [2.05, 4.69) is 42.3 Å². The van der Waals surface area contributed by atoms with Crippen LogP contribution in [0.2, 0.25) is 0 Å². The van der Waals surface area contributed by atoms with E-state index in [0.29, 0.717) is 6.04 Å². The van der Waals surface area contributed by atoms with Gasteiger partial charge in [-0.1, -0.05) is 19.9 Å². The van der Waals surface area contributed by atoms with Crippen LogP contribution in [0.1, 0.15) is 27.2 Å². The van der Waals surface area contributed by atoms with Gasteiger partial charge in [0.25, 0.3) is 0 Å². The maximum atomic E-state index is 5.57. The van der Waals surface area contributed by atoms with Crippen molar-refractivity contribution in [3.8, 4) is 5.75 Å². The molecule has 106 valence electrons. The van der Waals surface area contributed by atoms with Gasteiger partial charge in [0.05, 0.1) is 6.61 Å². The molecule has 3 heteroatoms. The van der Waals surface area contributed by atoms with Crippen LogP contribution in [0.15, 0.2) is 24.3 Å². The molecule has 0 aromatic heterocycles. The summed E-state index contributed by atoms with van der Waals surface area (Å²) in [7, 11) is 0. The number of anilines is 1. The molecule has 1 fully saturated rings. The summed E-state index contributed by atoms with van der Waals surface area (Å²) < 4.78 is 5.57. The minimum Gasteiger partial charge on any atom is -0.494 e. The third kappa shape index (κ3) is 4.13. The summed E-state index contributed by atoms with van der Waals surface area (Å²) in [6, 6.07) is 9.03. The Morgan fingerprint density at radius 3 is 3.00 bits per heavy atom. The molecule has 19 heavy (non-hydrogen) atoms. The average Bonchev–Trinajstić information content (AvgIpc) is 2.86. The van der Waals surface area contributed by atoms with Crippen molar-refractivity contribution in [1.29, 1.82) is 0 Å². The van der Waals surface area contributed by atoms with Gasteiger partial charge in [-0.3, -0.25) is 0 Å². The van der Waals surface area contributed by atoms with Gasteiger partial charge in [0.2, 0.25) is 0 Å². The number of nitrogens with zero attached hydrogens (tertiary/aromatic N) is 1. The molecule has 0 bridgehead atoms. The fraction of sp³-hybridized carbons (Fsp3) is 0.625. The second-order valence-electron chi connectivity index (χ2n) is 5.59. The Bertz CT molecular complexity index is 392. The maximum absolute atomic E-state index is 5.57. The molecular formula is C16H26N2O. The molecule has 1 heterocycles. The summed E-state index contributed by atoms with van der Waals surface area (Å²) in [5, 5.41) is 3.54. The van der Waals surface area contributed by atoms with Crippen LogP contribution in [0.5, 0.6) is 5.75 Å². The van der Waals surface area contributed by atoms with Crippen molar-refractivity contribution in [2.45, 2.75) is 33.2 Å². The second-order valence-corrected chi connectivity index (χ2v) is 5.59. The van der Waals surface area contributed by atoms with Crippen molar-refractivity contribution < 1.29 is 4.74 Å². The third-order valence-corrected chi connectivity index (χ3v) is 3.59. The molecule has 1 atom stereocenters. The molecule has 1 aliphatic heterocycles. The van der Waals surface area contributed by atoms with Crippen molar-refractivity contribution in [1.82, 2.24) is 5.32 Å². The lowest BCUT2D eigenvalue weighted by Crippen LogP contribution is -2.30. The zero-order valence-electron chi connectivity index (χ0n) is 12.4. The van der Waals surface area contributed by atoms with E-state index >= 15 is 0 Å². The zero-order chi connectivity index (χ0) is 13.7. The molecule has 1 aromatic carbocycles. The molecule has 0 spiro atoms. The highest BCUT2D eigenvalue weighted by Gasteiger charge is 2.22. The van der Waals surface area contributed by atoms with Crippen molar-refractivity contribution >= 4 is 5.69 Å². The van der Waals surface area contributed by atoms with Gasteiger partial charge >= 0.3 is 0 Å². The molecule has 0 amide bonds. The zero-order valence-corrected chi connectivity index (χ0v) is 12.4. The number of ether oxygens (including phenoxy) is 1. The highest BCUT2D eigenvalue weighted by Crippen LogP contribution is 2.26. The van der Waals surface area contributed by atoms with Crippen molar-refractivity contribution in [2.24, 2.45) is 5.92 Å². The maximum Gasteiger partial charge on any atom is 0.121 e. The van der Waals surface area contributed by atoms with Crippen LogP contribution in [0.25, 0.3) is 0 Å². The molecule has 1 N–H and O–H groups in total. The van der Waals surface area contributed by atoms with Crippen molar-refractivity contribution in [3.63, 3.8) is 0 Å². The standard InChI is InChI=1S/C16H26N2O/c1-4-19-16-7-5-6-15(10-16)18-9-8-14(12-18)11-17-13(2)3/h5-7,10,13-14,17H,4,8-9,11-12H2,1-3H3. The Morgan fingerprint density at radius 1 is 1.42 bits per heavy atom. The molecule has 0 aliphatic carbocycles. The summed E-state index contributed by atoms with van der Waals surface area (Å²) in [5.41, 5.74) is 1.29. The van der Waals surface area contributed by atoms with Crippen LogP contribution in [0, 0.1) is 5.92 Å². The smallest absolute Gasteiger partial charge is 0.121 e. The molecule has 1 aliphatic rings. The Morgan fingerprint density at radius 2 is 2.26 bits per heavy atom. The summed E-state index contributed by atoms with van der Waals surface area (Å²) in [5.74, 6) is 1.74. The lowest BCUT2D eigenvalue weighted by Gasteiger charge is -2.20. The van der Waals surface area contributed by atoms with Crippen molar-refractivity contribution in [2.75, 3.05) is 31.1 Å². The van der Waals surface area contributed by atoms with Crippen LogP contribution in [0.3, 0.4) is 0 Å². The van der Waals surface area contributed by atoms with Crippen LogP contribution in [-0.4, -0.2) is 32.3 Å². The monoisotopic (exact) mass is 262 g/mol. The highest BCUT2D eigenvalue weighted by atomic mass is 16.5. The molecule has 2 rings (SSSR count). The summed E-state index contributed by atoms with van der Waals surface area (Å²) >= 11 is 0. The topological polar surface area (TPSA) is 24.5 Å². The predicted molar refractivity (Wildman–Crippen MR) is 81.1 cm³/mol. The first-order valence-electron chi connectivity index (χ1n) is 7.40. The number of rotatable bonds is 6. The van der Waals surface area contributed by atoms with Gasteiger partial charge in [0.15, 0.2) is 0 Å². The first kappa shape index (κ1) is 14.2. The largest absolute Gasteiger partial charge is 0.494 e. The average molecular weight is 262 g/mol. The molecule has 1 saturated heterocycles. The lowest BCUT2D eigenvalue weighted by atomic mass is 10.1. The normalized spacial score (nSPS) is 19.2. The Kier molecular flexibility index (Phi) is 5.08. The van der Waals surface area contributed by atoms with Crippen LogP contribution in [0.4, 0.5) is 5.69 Å². The Labute approximate surface area is 116 Å². The Balaban J connectivity index is 1.91. The minimum atomic E-state index is 0.579. The van der Waals surface area contributed by atoms with E-state index in [9.17, 15) is 0 Å². The highest BCUT2D eigenvalue weighted by molar-refractivity contribution is 5.51. The fourth-order valence-electron chi connectivity index (χ4n) is 2.57. The summed E-state index contributed by atoms with van der Waals surface area (Å²) in [6.45, 7) is 10.6. The first-order chi connectivity index (χ1) is 9.19. The summed E-state index contributed by atoms with van der Waals surface area (Å²) in [6.07, 6.45) is 1.28. The minimum absolute atomic E-state index is 0.579. The van der Waals surface area contributed by atoms with E-state index in [1.54, 1.807) is 0 Å². The van der Waals surface area contributed by atoms with Gasteiger partial charge < -0.3 is 15.0 Å². The van der Waals surface area contributed by atoms with Gasteiger partial charge in [-0.25, -0.2) is 0 Å². The second kappa shape index (κ2) is 6.80. The van der Waals surface area contributed by atoms with E-state index in [1.165, 1.54) is 12.1 Å². The van der Waals surface area contributed by atoms with E-state index in [4.69, 9.17) is 4.74 Å². The molecule has 0 radical (unpaired) electrons. The first-order valence-corrected chi connectivity index (χ1v) is 7.40. The van der Waals surface area contributed by atoms with Crippen molar-refractivity contribution in [3.05, 3.63) is 24.3 Å². The molecule has 3 nitrogen and oxygen atoms in total. The van der Waals surface area contributed by atoms with E-state index in [-0.39, 0.29) is 0 Å². The summed E-state index contributed by atoms with van der Waals surface area (Å²) in [4.78, 5) is 2.47. The number of hydrogen-bond donors (Lipinski definition) is 1.